The number of aliphatic hydroxyl groups excluding tert-OH is 1. The van der Waals surface area contributed by atoms with Crippen molar-refractivity contribution in [1.29, 1.82) is 0 Å². The number of hydrogen-bond acceptors (Lipinski definition) is 6. The summed E-state index contributed by atoms with van der Waals surface area (Å²) in [5.41, 5.74) is 3.35. The average Bonchev–Trinajstić information content (AvgIpc) is 3.02. The van der Waals surface area contributed by atoms with Crippen LogP contribution < -0.4 is 10.1 Å². The van der Waals surface area contributed by atoms with Gasteiger partial charge in [-0.1, -0.05) is 18.5 Å². The molecule has 28 heavy (non-hydrogen) atoms. The van der Waals surface area contributed by atoms with E-state index in [1.165, 1.54) is 0 Å². The second-order valence-electron chi connectivity index (χ2n) is 6.64. The Morgan fingerprint density at radius 2 is 1.86 bits per heavy atom. The Labute approximate surface area is 169 Å². The number of hydrogen-bond donors (Lipinski definition) is 2. The molecule has 0 saturated heterocycles. The Morgan fingerprint density at radius 1 is 1.14 bits per heavy atom. The zero-order valence-electron chi connectivity index (χ0n) is 16.4. The molecule has 0 bridgehead atoms. The highest BCUT2D eigenvalue weighted by Crippen LogP contribution is 2.26. The molecule has 1 unspecified atom stereocenters. The molecule has 2 aromatic heterocycles. The number of aryl methyl sites for hydroxylation is 2. The number of aliphatic hydroxyl groups is 1. The van der Waals surface area contributed by atoms with E-state index in [0.717, 1.165) is 17.1 Å². The zero-order chi connectivity index (χ0) is 20.3. The lowest BCUT2D eigenvalue weighted by molar-refractivity contribution is 0.167. The summed E-state index contributed by atoms with van der Waals surface area (Å²) in [5, 5.41) is 18.5. The summed E-state index contributed by atoms with van der Waals surface area (Å²) in [6, 6.07) is 9.19. The maximum absolute atomic E-state index is 10.1. The van der Waals surface area contributed by atoms with Crippen LogP contribution in [-0.2, 0) is 6.42 Å². The van der Waals surface area contributed by atoms with Gasteiger partial charge >= 0.3 is 0 Å². The molecule has 3 rings (SSSR count). The van der Waals surface area contributed by atoms with Crippen LogP contribution in [0.25, 0.3) is 5.69 Å². The summed E-state index contributed by atoms with van der Waals surface area (Å²) in [6.07, 6.45) is 0.533. The molecule has 0 radical (unpaired) electrons. The molecule has 0 aliphatic heterocycles. The Kier molecular flexibility index (Phi) is 6.16. The topological polar surface area (TPSA) is 85.1 Å². The molecule has 0 spiro atoms. The van der Waals surface area contributed by atoms with Gasteiger partial charge in [-0.15, -0.1) is 5.10 Å². The predicted molar refractivity (Wildman–Crippen MR) is 110 cm³/mol. The maximum atomic E-state index is 10.1. The molecular weight excluding hydrogens is 378 g/mol. The molecule has 1 atom stereocenters. The van der Waals surface area contributed by atoms with Gasteiger partial charge < -0.3 is 15.2 Å². The zero-order valence-corrected chi connectivity index (χ0v) is 17.2. The molecule has 0 amide bonds. The number of rotatable bonds is 7. The van der Waals surface area contributed by atoms with E-state index in [1.54, 1.807) is 23.9 Å². The number of nitrogens with zero attached hydrogens (tertiary/aromatic N) is 4. The Bertz CT molecular complexity index is 953. The van der Waals surface area contributed by atoms with Gasteiger partial charge in [0.25, 0.3) is 0 Å². The minimum absolute atomic E-state index is 0.393. The third-order valence-electron chi connectivity index (χ3n) is 4.24. The molecule has 1 aromatic carbocycles. The summed E-state index contributed by atoms with van der Waals surface area (Å²) in [5.74, 6) is 1.71. The lowest BCUT2D eigenvalue weighted by Crippen LogP contribution is -2.14. The van der Waals surface area contributed by atoms with Crippen LogP contribution in [0.5, 0.6) is 5.75 Å². The minimum Gasteiger partial charge on any atom is -0.497 e. The molecular formula is C20H24ClN5O2. The summed E-state index contributed by atoms with van der Waals surface area (Å²) in [7, 11) is 1.58. The highest BCUT2D eigenvalue weighted by atomic mass is 35.5. The predicted octanol–water partition coefficient (Wildman–Crippen LogP) is 4.00. The van der Waals surface area contributed by atoms with Crippen molar-refractivity contribution in [2.45, 2.75) is 39.7 Å². The highest BCUT2D eigenvalue weighted by Gasteiger charge is 2.16. The number of pyridine rings is 1. The van der Waals surface area contributed by atoms with Gasteiger partial charge in [-0.05, 0) is 44.5 Å². The third kappa shape index (κ3) is 4.79. The number of methoxy groups -OCH3 is 1. The van der Waals surface area contributed by atoms with Crippen LogP contribution in [0.1, 0.15) is 30.6 Å². The average molecular weight is 402 g/mol. The number of benzene rings is 1. The van der Waals surface area contributed by atoms with Crippen molar-refractivity contribution in [3.05, 3.63) is 52.6 Å². The Hall–Kier alpha value is -2.64. The second kappa shape index (κ2) is 8.58. The van der Waals surface area contributed by atoms with Crippen LogP contribution in [0.3, 0.4) is 0 Å². The fourth-order valence-electron chi connectivity index (χ4n) is 2.91. The third-order valence-corrected chi connectivity index (χ3v) is 4.46. The molecule has 0 fully saturated rings. The molecule has 0 saturated carbocycles. The normalized spacial score (nSPS) is 12.1. The first-order chi connectivity index (χ1) is 13.4. The number of halogens is 1. The van der Waals surface area contributed by atoms with Crippen molar-refractivity contribution in [2.24, 2.45) is 0 Å². The van der Waals surface area contributed by atoms with Gasteiger partial charge in [-0.25, -0.2) is 4.68 Å². The smallest absolute Gasteiger partial charge is 0.247 e. The molecule has 0 aliphatic carbocycles. The monoisotopic (exact) mass is 401 g/mol. The summed E-state index contributed by atoms with van der Waals surface area (Å²) >= 11 is 6.14. The van der Waals surface area contributed by atoms with Gasteiger partial charge in [0.1, 0.15) is 11.6 Å². The van der Waals surface area contributed by atoms with E-state index in [0.29, 0.717) is 41.1 Å². The van der Waals surface area contributed by atoms with Crippen molar-refractivity contribution in [2.75, 3.05) is 12.4 Å². The number of anilines is 2. The van der Waals surface area contributed by atoms with Crippen molar-refractivity contribution >= 4 is 23.2 Å². The first-order valence-corrected chi connectivity index (χ1v) is 9.47. The lowest BCUT2D eigenvalue weighted by Gasteiger charge is -2.10. The summed E-state index contributed by atoms with van der Waals surface area (Å²) < 4.78 is 7.00. The first-order valence-electron chi connectivity index (χ1n) is 9.09. The molecule has 2 heterocycles. The van der Waals surface area contributed by atoms with E-state index in [-0.39, 0.29) is 0 Å². The van der Waals surface area contributed by atoms with E-state index in [1.807, 2.05) is 39.0 Å². The number of ether oxygens (including phenoxy) is 1. The van der Waals surface area contributed by atoms with Gasteiger partial charge in [0, 0.05) is 34.6 Å². The molecule has 2 N–H and O–H groups in total. The van der Waals surface area contributed by atoms with Crippen LogP contribution >= 0.6 is 11.6 Å². The standard InChI is InChI=1S/C20H24ClN5O2/c1-5-17(27)11-19-24-20(23-15-8-14(21)9-18(10-15)28-4)25-26(19)16-6-12(2)22-13(3)7-16/h6-10,17,27H,5,11H2,1-4H3,(H,23,25). The quantitative estimate of drug-likeness (QED) is 0.622. The summed E-state index contributed by atoms with van der Waals surface area (Å²) in [6.45, 7) is 5.81. The number of nitrogens with one attached hydrogen (secondary N) is 1. The van der Waals surface area contributed by atoms with E-state index in [9.17, 15) is 5.11 Å². The minimum atomic E-state index is -0.494. The van der Waals surface area contributed by atoms with Gasteiger partial charge in [-0.3, -0.25) is 4.98 Å². The Balaban J connectivity index is 2.00. The molecule has 148 valence electrons. The fraction of sp³-hybridized carbons (Fsp3) is 0.350. The van der Waals surface area contributed by atoms with Crippen molar-refractivity contribution < 1.29 is 9.84 Å². The molecule has 8 heteroatoms. The maximum Gasteiger partial charge on any atom is 0.247 e. The number of aromatic nitrogens is 4. The summed E-state index contributed by atoms with van der Waals surface area (Å²) in [4.78, 5) is 9.01. The van der Waals surface area contributed by atoms with Gasteiger partial charge in [0.2, 0.25) is 5.95 Å². The lowest BCUT2D eigenvalue weighted by atomic mass is 10.2. The van der Waals surface area contributed by atoms with E-state index < -0.39 is 6.10 Å². The molecule has 0 aliphatic rings. The van der Waals surface area contributed by atoms with Gasteiger partial charge in [0.05, 0.1) is 18.9 Å². The SMILES string of the molecule is CCC(O)Cc1nc(Nc2cc(Cl)cc(OC)c2)nn1-c1cc(C)nc(C)c1. The van der Waals surface area contributed by atoms with Crippen LogP contribution in [0.4, 0.5) is 11.6 Å². The van der Waals surface area contributed by atoms with Crippen LogP contribution in [-0.4, -0.2) is 38.1 Å². The van der Waals surface area contributed by atoms with E-state index in [2.05, 4.69) is 20.4 Å². The molecule has 3 aromatic rings. The molecule has 7 nitrogen and oxygen atoms in total. The van der Waals surface area contributed by atoms with E-state index >= 15 is 0 Å². The van der Waals surface area contributed by atoms with Crippen molar-refractivity contribution in [3.63, 3.8) is 0 Å². The van der Waals surface area contributed by atoms with Gasteiger partial charge in [-0.2, -0.15) is 4.98 Å². The van der Waals surface area contributed by atoms with E-state index in [4.69, 9.17) is 16.3 Å². The van der Waals surface area contributed by atoms with Crippen LogP contribution in [0.2, 0.25) is 5.02 Å². The van der Waals surface area contributed by atoms with Crippen molar-refractivity contribution in [3.8, 4) is 11.4 Å². The first kappa shape index (κ1) is 20.1. The van der Waals surface area contributed by atoms with Gasteiger partial charge in [0.15, 0.2) is 0 Å². The van der Waals surface area contributed by atoms with Crippen LogP contribution in [0.15, 0.2) is 30.3 Å². The second-order valence-corrected chi connectivity index (χ2v) is 7.08. The Morgan fingerprint density at radius 3 is 2.50 bits per heavy atom. The van der Waals surface area contributed by atoms with Crippen LogP contribution in [0, 0.1) is 13.8 Å². The fourth-order valence-corrected chi connectivity index (χ4v) is 3.13. The largest absolute Gasteiger partial charge is 0.497 e. The highest BCUT2D eigenvalue weighted by molar-refractivity contribution is 6.31. The van der Waals surface area contributed by atoms with Crippen molar-refractivity contribution in [1.82, 2.24) is 19.7 Å².